The first-order valence-electron chi connectivity index (χ1n) is 7.41. The maximum Gasteiger partial charge on any atom is 0.234 e. The summed E-state index contributed by atoms with van der Waals surface area (Å²) in [5.74, 6) is 0.206. The third-order valence-electron chi connectivity index (χ3n) is 5.79. The number of rotatable bonds is 2. The van der Waals surface area contributed by atoms with Crippen molar-refractivity contribution in [2.45, 2.75) is 52.0 Å². The van der Waals surface area contributed by atoms with Gasteiger partial charge in [-0.05, 0) is 37.0 Å². The van der Waals surface area contributed by atoms with Crippen molar-refractivity contribution in [1.82, 2.24) is 4.90 Å². The van der Waals surface area contributed by atoms with Crippen LogP contribution in [0.25, 0.3) is 0 Å². The van der Waals surface area contributed by atoms with Gasteiger partial charge in [0.25, 0.3) is 0 Å². The summed E-state index contributed by atoms with van der Waals surface area (Å²) < 4.78 is 0. The zero-order valence-electron chi connectivity index (χ0n) is 12.3. The second-order valence-electron chi connectivity index (χ2n) is 7.37. The summed E-state index contributed by atoms with van der Waals surface area (Å²) in [7, 11) is 0. The van der Waals surface area contributed by atoms with Gasteiger partial charge in [0.15, 0.2) is 0 Å². The third kappa shape index (κ3) is 1.56. The zero-order chi connectivity index (χ0) is 14.9. The predicted octanol–water partition coefficient (Wildman–Crippen LogP) is 1.86. The van der Waals surface area contributed by atoms with Crippen LogP contribution in [-0.2, 0) is 9.59 Å². The molecule has 2 saturated carbocycles. The van der Waals surface area contributed by atoms with E-state index in [0.717, 1.165) is 25.7 Å². The van der Waals surface area contributed by atoms with E-state index in [1.54, 1.807) is 0 Å². The lowest BCUT2D eigenvalue weighted by molar-refractivity contribution is -0.149. The topological polar surface area (TPSA) is 63.4 Å². The van der Waals surface area contributed by atoms with Crippen LogP contribution >= 0.6 is 12.2 Å². The van der Waals surface area contributed by atoms with Crippen molar-refractivity contribution in [1.29, 1.82) is 0 Å². The number of piperidine rings is 1. The molecule has 0 aromatic carbocycles. The van der Waals surface area contributed by atoms with Crippen molar-refractivity contribution in [2.75, 3.05) is 0 Å². The Kier molecular flexibility index (Phi) is 2.82. The van der Waals surface area contributed by atoms with Gasteiger partial charge in [0, 0.05) is 0 Å². The summed E-state index contributed by atoms with van der Waals surface area (Å²) in [6, 6.07) is 0. The van der Waals surface area contributed by atoms with Gasteiger partial charge in [-0.1, -0.05) is 33.0 Å². The molecule has 0 aromatic rings. The Hall–Kier alpha value is -0.970. The predicted molar refractivity (Wildman–Crippen MR) is 79.8 cm³/mol. The van der Waals surface area contributed by atoms with Crippen LogP contribution in [0.2, 0.25) is 0 Å². The van der Waals surface area contributed by atoms with Gasteiger partial charge in [-0.25, -0.2) is 0 Å². The first-order chi connectivity index (χ1) is 9.23. The van der Waals surface area contributed by atoms with Crippen LogP contribution < -0.4 is 5.73 Å². The number of thiocarbonyl (C=S) groups is 1. The molecule has 4 nitrogen and oxygen atoms in total. The van der Waals surface area contributed by atoms with Gasteiger partial charge in [-0.2, -0.15) is 0 Å². The number of nitrogens with zero attached hydrogens (tertiary/aromatic N) is 1. The summed E-state index contributed by atoms with van der Waals surface area (Å²) in [6.07, 6.45) is 3.38. The van der Waals surface area contributed by atoms with Gasteiger partial charge < -0.3 is 5.73 Å². The summed E-state index contributed by atoms with van der Waals surface area (Å²) in [5.41, 5.74) is 5.09. The average molecular weight is 294 g/mol. The Balaban J connectivity index is 1.93. The van der Waals surface area contributed by atoms with Gasteiger partial charge in [0.2, 0.25) is 11.8 Å². The van der Waals surface area contributed by atoms with Crippen molar-refractivity contribution in [3.05, 3.63) is 0 Å². The number of carbonyl (C=O) groups excluding carboxylic acids is 2. The minimum Gasteiger partial charge on any atom is -0.391 e. The highest BCUT2D eigenvalue weighted by Gasteiger charge is 2.74. The summed E-state index contributed by atoms with van der Waals surface area (Å²) >= 11 is 5.25. The molecular formula is C15H22N2O2S. The lowest BCUT2D eigenvalue weighted by atomic mass is 9.75. The number of amides is 2. The van der Waals surface area contributed by atoms with Crippen LogP contribution in [0.15, 0.2) is 0 Å². The maximum atomic E-state index is 12.7. The molecule has 2 unspecified atom stereocenters. The number of fused-ring (bicyclic) bond motifs is 1. The van der Waals surface area contributed by atoms with Crippen LogP contribution in [0.5, 0.6) is 0 Å². The highest BCUT2D eigenvalue weighted by molar-refractivity contribution is 7.80. The van der Waals surface area contributed by atoms with E-state index in [2.05, 4.69) is 6.92 Å². The Morgan fingerprint density at radius 2 is 1.65 bits per heavy atom. The molecule has 2 amide bonds. The van der Waals surface area contributed by atoms with Crippen molar-refractivity contribution < 1.29 is 9.59 Å². The number of hydrogen-bond donors (Lipinski definition) is 1. The van der Waals surface area contributed by atoms with Gasteiger partial charge in [-0.15, -0.1) is 0 Å². The molecule has 3 aliphatic rings. The molecule has 1 aliphatic heterocycles. The molecule has 0 spiro atoms. The molecule has 2 aliphatic carbocycles. The fourth-order valence-corrected chi connectivity index (χ4v) is 4.48. The van der Waals surface area contributed by atoms with Crippen molar-refractivity contribution in [3.8, 4) is 0 Å². The normalized spacial score (nSPS) is 42.5. The molecule has 0 aromatic heterocycles. The van der Waals surface area contributed by atoms with E-state index in [1.807, 2.05) is 13.8 Å². The lowest BCUT2D eigenvalue weighted by Crippen LogP contribution is -2.61. The SMILES string of the molecule is CC1CCC(C(N)=S)(N2C(=O)C3C(C2=O)C3(C)C)CC1. The fourth-order valence-electron chi connectivity index (χ4n) is 4.19. The van der Waals surface area contributed by atoms with Crippen LogP contribution in [0.3, 0.4) is 0 Å². The van der Waals surface area contributed by atoms with Gasteiger partial charge in [-0.3, -0.25) is 14.5 Å². The quantitative estimate of drug-likeness (QED) is 0.624. The van der Waals surface area contributed by atoms with Gasteiger partial charge in [0.05, 0.1) is 16.8 Å². The van der Waals surface area contributed by atoms with Crippen LogP contribution in [-0.4, -0.2) is 27.2 Å². The summed E-state index contributed by atoms with van der Waals surface area (Å²) in [6.45, 7) is 6.18. The number of hydrogen-bond acceptors (Lipinski definition) is 3. The van der Waals surface area contributed by atoms with E-state index in [-0.39, 0.29) is 29.1 Å². The fraction of sp³-hybridized carbons (Fsp3) is 0.800. The Morgan fingerprint density at radius 3 is 2.05 bits per heavy atom. The number of carbonyl (C=O) groups is 2. The molecule has 0 bridgehead atoms. The zero-order valence-corrected chi connectivity index (χ0v) is 13.1. The first kappa shape index (κ1) is 14.0. The minimum atomic E-state index is -0.695. The Bertz CT molecular complexity index is 482. The molecule has 2 N–H and O–H groups in total. The Morgan fingerprint density at radius 1 is 1.20 bits per heavy atom. The summed E-state index contributed by atoms with van der Waals surface area (Å²) in [5, 5.41) is 0. The Labute approximate surface area is 125 Å². The third-order valence-corrected chi connectivity index (χ3v) is 6.17. The first-order valence-corrected chi connectivity index (χ1v) is 7.82. The largest absolute Gasteiger partial charge is 0.391 e. The lowest BCUT2D eigenvalue weighted by Gasteiger charge is -2.45. The van der Waals surface area contributed by atoms with E-state index in [0.29, 0.717) is 10.9 Å². The molecule has 2 atom stereocenters. The van der Waals surface area contributed by atoms with E-state index in [1.165, 1.54) is 4.90 Å². The molecule has 20 heavy (non-hydrogen) atoms. The molecule has 5 heteroatoms. The van der Waals surface area contributed by atoms with Crippen LogP contribution in [0.1, 0.15) is 46.5 Å². The smallest absolute Gasteiger partial charge is 0.234 e. The molecule has 0 radical (unpaired) electrons. The van der Waals surface area contributed by atoms with E-state index in [4.69, 9.17) is 18.0 Å². The van der Waals surface area contributed by atoms with Gasteiger partial charge >= 0.3 is 0 Å². The molecular weight excluding hydrogens is 272 g/mol. The standard InChI is InChI=1S/C15H22N2O2S/c1-8-4-6-15(7-5-8,13(16)20)17-11(18)9-10(12(17)19)14(9,2)3/h8-10H,4-7H2,1-3H3,(H2,16,20). The van der Waals surface area contributed by atoms with Crippen molar-refractivity contribution in [2.24, 2.45) is 28.9 Å². The molecule has 1 heterocycles. The van der Waals surface area contributed by atoms with Crippen molar-refractivity contribution in [3.63, 3.8) is 0 Å². The molecule has 110 valence electrons. The number of imide groups is 1. The maximum absolute atomic E-state index is 12.7. The molecule has 3 fully saturated rings. The van der Waals surface area contributed by atoms with Crippen molar-refractivity contribution >= 4 is 29.0 Å². The molecule has 3 rings (SSSR count). The van der Waals surface area contributed by atoms with E-state index >= 15 is 0 Å². The average Bonchev–Trinajstić information content (AvgIpc) is 2.81. The number of likely N-dealkylation sites (tertiary alicyclic amines) is 1. The number of nitrogens with two attached hydrogens (primary N) is 1. The minimum absolute atomic E-state index is 0.0487. The highest BCUT2D eigenvalue weighted by Crippen LogP contribution is 2.64. The van der Waals surface area contributed by atoms with Crippen LogP contribution in [0, 0.1) is 23.2 Å². The van der Waals surface area contributed by atoms with Crippen LogP contribution in [0.4, 0.5) is 0 Å². The molecule has 1 saturated heterocycles. The second kappa shape index (κ2) is 4.03. The van der Waals surface area contributed by atoms with E-state index in [9.17, 15) is 9.59 Å². The highest BCUT2D eigenvalue weighted by atomic mass is 32.1. The monoisotopic (exact) mass is 294 g/mol. The summed E-state index contributed by atoms with van der Waals surface area (Å²) in [4.78, 5) is 27.1. The second-order valence-corrected chi connectivity index (χ2v) is 7.81. The van der Waals surface area contributed by atoms with Gasteiger partial charge in [0.1, 0.15) is 5.54 Å². The van der Waals surface area contributed by atoms with E-state index < -0.39 is 5.54 Å².